The van der Waals surface area contributed by atoms with Gasteiger partial charge >= 0.3 is 5.97 Å². The van der Waals surface area contributed by atoms with Crippen molar-refractivity contribution < 1.29 is 19.4 Å². The Balaban J connectivity index is 2.20. The van der Waals surface area contributed by atoms with Crippen LogP contribution in [0.4, 0.5) is 0 Å². The molecule has 0 saturated carbocycles. The minimum Gasteiger partial charge on any atom is -0.493 e. The monoisotopic (exact) mass is 305 g/mol. The van der Waals surface area contributed by atoms with Crippen molar-refractivity contribution in [1.29, 1.82) is 0 Å². The van der Waals surface area contributed by atoms with Crippen molar-refractivity contribution in [1.82, 2.24) is 15.0 Å². The van der Waals surface area contributed by atoms with Gasteiger partial charge in [0.2, 0.25) is 0 Å². The number of ether oxygens (including phenoxy) is 2. The molecule has 1 N–H and O–H groups in total. The zero-order chi connectivity index (χ0) is 16.1. The third kappa shape index (κ3) is 3.19. The van der Waals surface area contributed by atoms with Gasteiger partial charge in [0.15, 0.2) is 17.2 Å². The molecule has 1 aromatic carbocycles. The Labute approximate surface area is 128 Å². The van der Waals surface area contributed by atoms with E-state index in [2.05, 4.69) is 10.3 Å². The topological polar surface area (TPSA) is 86.5 Å². The predicted octanol–water partition coefficient (Wildman–Crippen LogP) is 1.80. The van der Waals surface area contributed by atoms with Crippen LogP contribution in [0.25, 0.3) is 0 Å². The highest BCUT2D eigenvalue weighted by Gasteiger charge is 2.18. The van der Waals surface area contributed by atoms with Crippen LogP contribution in [0.3, 0.4) is 0 Å². The summed E-state index contributed by atoms with van der Waals surface area (Å²) in [6, 6.07) is 5.66. The summed E-state index contributed by atoms with van der Waals surface area (Å²) in [4.78, 5) is 11.2. The number of aromatic nitrogens is 3. The molecule has 1 heterocycles. The SMILES string of the molecule is CCn1nnc(C(=O)O)c1CCc1ccc(OC)c(OC)c1. The lowest BCUT2D eigenvalue weighted by Crippen LogP contribution is -2.08. The lowest BCUT2D eigenvalue weighted by Gasteiger charge is -2.10. The van der Waals surface area contributed by atoms with Crippen LogP contribution < -0.4 is 9.47 Å². The number of hydrogen-bond acceptors (Lipinski definition) is 5. The normalized spacial score (nSPS) is 10.5. The van der Waals surface area contributed by atoms with Crippen LogP contribution in [0.1, 0.15) is 28.7 Å². The molecule has 0 amide bonds. The molecular weight excluding hydrogens is 286 g/mol. The minimum atomic E-state index is -1.05. The number of carbonyl (C=O) groups is 1. The lowest BCUT2D eigenvalue weighted by atomic mass is 10.1. The maximum atomic E-state index is 11.2. The van der Waals surface area contributed by atoms with E-state index < -0.39 is 5.97 Å². The number of methoxy groups -OCH3 is 2. The second kappa shape index (κ2) is 6.93. The number of nitrogens with zero attached hydrogens (tertiary/aromatic N) is 3. The van der Waals surface area contributed by atoms with Crippen LogP contribution in [0.15, 0.2) is 18.2 Å². The van der Waals surface area contributed by atoms with E-state index in [0.29, 0.717) is 36.6 Å². The summed E-state index contributed by atoms with van der Waals surface area (Å²) in [6.45, 7) is 2.49. The molecule has 0 radical (unpaired) electrons. The van der Waals surface area contributed by atoms with Crippen LogP contribution in [0, 0.1) is 0 Å². The summed E-state index contributed by atoms with van der Waals surface area (Å²) in [5.41, 5.74) is 1.67. The van der Waals surface area contributed by atoms with Crippen molar-refractivity contribution in [2.24, 2.45) is 0 Å². The molecule has 0 spiro atoms. The Morgan fingerprint density at radius 3 is 2.55 bits per heavy atom. The highest BCUT2D eigenvalue weighted by Crippen LogP contribution is 2.28. The molecule has 1 aromatic heterocycles. The van der Waals surface area contributed by atoms with Crippen molar-refractivity contribution in [3.8, 4) is 11.5 Å². The molecule has 0 aliphatic heterocycles. The summed E-state index contributed by atoms with van der Waals surface area (Å²) < 4.78 is 12.1. The van der Waals surface area contributed by atoms with E-state index in [1.807, 2.05) is 25.1 Å². The lowest BCUT2D eigenvalue weighted by molar-refractivity contribution is 0.0689. The molecule has 2 rings (SSSR count). The maximum Gasteiger partial charge on any atom is 0.358 e. The number of benzene rings is 1. The van der Waals surface area contributed by atoms with Gasteiger partial charge in [-0.1, -0.05) is 11.3 Å². The first kappa shape index (κ1) is 15.8. The fourth-order valence-electron chi connectivity index (χ4n) is 2.30. The minimum absolute atomic E-state index is 0.0160. The van der Waals surface area contributed by atoms with Gasteiger partial charge in [0.1, 0.15) is 0 Å². The summed E-state index contributed by atoms with van der Waals surface area (Å²) in [5, 5.41) is 16.8. The van der Waals surface area contributed by atoms with Gasteiger partial charge in [-0.3, -0.25) is 0 Å². The molecule has 7 heteroatoms. The van der Waals surface area contributed by atoms with Gasteiger partial charge in [0, 0.05) is 6.54 Å². The highest BCUT2D eigenvalue weighted by atomic mass is 16.5. The first-order valence-electron chi connectivity index (χ1n) is 6.97. The largest absolute Gasteiger partial charge is 0.493 e. The average Bonchev–Trinajstić information content (AvgIpc) is 2.95. The third-order valence-electron chi connectivity index (χ3n) is 3.44. The predicted molar refractivity (Wildman–Crippen MR) is 79.6 cm³/mol. The van der Waals surface area contributed by atoms with Crippen LogP contribution in [0.5, 0.6) is 11.5 Å². The van der Waals surface area contributed by atoms with E-state index >= 15 is 0 Å². The summed E-state index contributed by atoms with van der Waals surface area (Å²) in [5.74, 6) is 0.264. The molecule has 0 atom stereocenters. The summed E-state index contributed by atoms with van der Waals surface area (Å²) >= 11 is 0. The quantitative estimate of drug-likeness (QED) is 0.839. The van der Waals surface area contributed by atoms with Crippen LogP contribution in [0.2, 0.25) is 0 Å². The van der Waals surface area contributed by atoms with Gasteiger partial charge in [0.05, 0.1) is 19.9 Å². The molecule has 118 valence electrons. The van der Waals surface area contributed by atoms with E-state index in [1.165, 1.54) is 0 Å². The third-order valence-corrected chi connectivity index (χ3v) is 3.44. The molecule has 0 unspecified atom stereocenters. The molecule has 0 aliphatic rings. The molecule has 22 heavy (non-hydrogen) atoms. The Morgan fingerprint density at radius 1 is 1.23 bits per heavy atom. The van der Waals surface area contributed by atoms with E-state index in [4.69, 9.17) is 14.6 Å². The molecule has 0 bridgehead atoms. The molecule has 0 aliphatic carbocycles. The molecule has 0 fully saturated rings. The number of carboxylic acid groups (broad SMARTS) is 1. The summed E-state index contributed by atoms with van der Waals surface area (Å²) in [6.07, 6.45) is 1.20. The number of carboxylic acids is 1. The standard InChI is InChI=1S/C15H19N3O4/c1-4-18-11(14(15(19)20)16-17-18)7-5-10-6-8-12(21-2)13(9-10)22-3/h6,8-9H,4-5,7H2,1-3H3,(H,19,20). The Hall–Kier alpha value is -2.57. The van der Waals surface area contributed by atoms with Crippen LogP contribution in [-0.2, 0) is 19.4 Å². The maximum absolute atomic E-state index is 11.2. The van der Waals surface area contributed by atoms with Gasteiger partial charge in [-0.05, 0) is 37.5 Å². The zero-order valence-corrected chi connectivity index (χ0v) is 12.9. The van der Waals surface area contributed by atoms with Gasteiger partial charge in [0.25, 0.3) is 0 Å². The van der Waals surface area contributed by atoms with Crippen molar-refractivity contribution >= 4 is 5.97 Å². The second-order valence-corrected chi connectivity index (χ2v) is 4.69. The number of aromatic carboxylic acids is 1. The van der Waals surface area contributed by atoms with E-state index in [0.717, 1.165) is 5.56 Å². The van der Waals surface area contributed by atoms with Crippen molar-refractivity contribution in [2.75, 3.05) is 14.2 Å². The van der Waals surface area contributed by atoms with Crippen molar-refractivity contribution in [3.05, 3.63) is 35.2 Å². The molecule has 0 saturated heterocycles. The Bertz CT molecular complexity index is 667. The van der Waals surface area contributed by atoms with Gasteiger partial charge in [-0.25, -0.2) is 9.48 Å². The second-order valence-electron chi connectivity index (χ2n) is 4.69. The van der Waals surface area contributed by atoms with E-state index in [1.54, 1.807) is 18.9 Å². The number of hydrogen-bond donors (Lipinski definition) is 1. The van der Waals surface area contributed by atoms with E-state index in [-0.39, 0.29) is 5.69 Å². The van der Waals surface area contributed by atoms with Gasteiger partial charge in [-0.2, -0.15) is 0 Å². The highest BCUT2D eigenvalue weighted by molar-refractivity contribution is 5.86. The zero-order valence-electron chi connectivity index (χ0n) is 12.9. The van der Waals surface area contributed by atoms with Crippen molar-refractivity contribution in [2.45, 2.75) is 26.3 Å². The molecule has 2 aromatic rings. The van der Waals surface area contributed by atoms with Gasteiger partial charge in [-0.15, -0.1) is 5.10 Å². The summed E-state index contributed by atoms with van der Waals surface area (Å²) in [7, 11) is 3.17. The Kier molecular flexibility index (Phi) is 4.98. The average molecular weight is 305 g/mol. The van der Waals surface area contributed by atoms with Crippen molar-refractivity contribution in [3.63, 3.8) is 0 Å². The first-order chi connectivity index (χ1) is 10.6. The number of rotatable bonds is 7. The number of aryl methyl sites for hydroxylation is 2. The van der Waals surface area contributed by atoms with Gasteiger partial charge < -0.3 is 14.6 Å². The fraction of sp³-hybridized carbons (Fsp3) is 0.400. The van der Waals surface area contributed by atoms with Crippen LogP contribution in [-0.4, -0.2) is 40.3 Å². The fourth-order valence-corrected chi connectivity index (χ4v) is 2.30. The first-order valence-corrected chi connectivity index (χ1v) is 6.97. The van der Waals surface area contributed by atoms with Crippen LogP contribution >= 0.6 is 0 Å². The Morgan fingerprint density at radius 2 is 1.95 bits per heavy atom. The molecule has 7 nitrogen and oxygen atoms in total. The smallest absolute Gasteiger partial charge is 0.358 e. The van der Waals surface area contributed by atoms with E-state index in [9.17, 15) is 4.79 Å². The molecular formula is C15H19N3O4.